The van der Waals surface area contributed by atoms with E-state index < -0.39 is 0 Å². The summed E-state index contributed by atoms with van der Waals surface area (Å²) < 4.78 is 5.17. The van der Waals surface area contributed by atoms with E-state index in [2.05, 4.69) is 16.0 Å². The summed E-state index contributed by atoms with van der Waals surface area (Å²) in [5.74, 6) is 0.600. The van der Waals surface area contributed by atoms with Gasteiger partial charge in [-0.15, -0.1) is 0 Å². The molecule has 6 heteroatoms. The Morgan fingerprint density at radius 1 is 1.21 bits per heavy atom. The Bertz CT molecular complexity index is 901. The number of ether oxygens (including phenoxy) is 1. The van der Waals surface area contributed by atoms with Crippen molar-refractivity contribution in [3.8, 4) is 5.75 Å². The molecule has 2 aromatic rings. The molecule has 0 radical (unpaired) electrons. The fraction of sp³-hybridized carbons (Fsp3) is 0.136. The average molecular weight is 376 g/mol. The predicted octanol–water partition coefficient (Wildman–Crippen LogP) is 2.93. The van der Waals surface area contributed by atoms with Crippen LogP contribution in [-0.2, 0) is 11.3 Å². The molecule has 0 saturated heterocycles. The number of hydrogen-bond acceptors (Lipinski definition) is 5. The molecule has 0 aliphatic carbocycles. The third kappa shape index (κ3) is 5.49. The molecule has 0 aromatic heterocycles. The molecule has 0 fully saturated rings. The lowest BCUT2D eigenvalue weighted by molar-refractivity contribution is -0.111. The number of allylic oxidation sites excluding steroid dienone is 3. The Morgan fingerprint density at radius 3 is 2.75 bits per heavy atom. The van der Waals surface area contributed by atoms with E-state index in [1.54, 1.807) is 25.3 Å². The molecule has 1 unspecified atom stereocenters. The van der Waals surface area contributed by atoms with Crippen LogP contribution in [0.3, 0.4) is 0 Å². The summed E-state index contributed by atoms with van der Waals surface area (Å²) >= 11 is 0. The summed E-state index contributed by atoms with van der Waals surface area (Å²) in [6.07, 6.45) is 9.07. The first-order chi connectivity index (χ1) is 13.6. The number of nitrogen functional groups attached to an aromatic ring is 1. The highest BCUT2D eigenvalue weighted by Gasteiger charge is 2.08. The zero-order valence-electron chi connectivity index (χ0n) is 15.7. The second-order valence-corrected chi connectivity index (χ2v) is 6.27. The summed E-state index contributed by atoms with van der Waals surface area (Å²) in [4.78, 5) is 12.1. The van der Waals surface area contributed by atoms with Crippen molar-refractivity contribution in [2.45, 2.75) is 12.7 Å². The van der Waals surface area contributed by atoms with Gasteiger partial charge in [0.1, 0.15) is 5.75 Å². The number of para-hydroxylation sites is 2. The highest BCUT2D eigenvalue weighted by molar-refractivity contribution is 6.01. The maximum atomic E-state index is 12.1. The molecular weight excluding hydrogens is 352 g/mol. The number of nitrogens with one attached hydrogen (secondary N) is 3. The van der Waals surface area contributed by atoms with Gasteiger partial charge in [-0.2, -0.15) is 0 Å². The quantitative estimate of drug-likeness (QED) is 0.441. The van der Waals surface area contributed by atoms with Crippen LogP contribution in [0.2, 0.25) is 0 Å². The Balaban J connectivity index is 1.49. The van der Waals surface area contributed by atoms with Crippen molar-refractivity contribution in [2.24, 2.45) is 0 Å². The minimum Gasteiger partial charge on any atom is -0.497 e. The lowest BCUT2D eigenvalue weighted by atomic mass is 10.2. The van der Waals surface area contributed by atoms with Crippen molar-refractivity contribution >= 4 is 17.3 Å². The monoisotopic (exact) mass is 376 g/mol. The molecule has 28 heavy (non-hydrogen) atoms. The number of nitrogens with two attached hydrogens (primary N) is 1. The summed E-state index contributed by atoms with van der Waals surface area (Å²) in [5.41, 5.74) is 8.96. The molecule has 6 nitrogen and oxygen atoms in total. The van der Waals surface area contributed by atoms with Gasteiger partial charge in [-0.1, -0.05) is 30.3 Å². The summed E-state index contributed by atoms with van der Waals surface area (Å²) in [5, 5.41) is 9.50. The average Bonchev–Trinajstić information content (AvgIpc) is 2.73. The van der Waals surface area contributed by atoms with Crippen LogP contribution in [0.25, 0.3) is 0 Å². The highest BCUT2D eigenvalue weighted by Crippen LogP contribution is 2.16. The number of methoxy groups -OCH3 is 1. The van der Waals surface area contributed by atoms with E-state index in [1.807, 2.05) is 54.6 Å². The third-order valence-electron chi connectivity index (χ3n) is 4.22. The van der Waals surface area contributed by atoms with Crippen LogP contribution < -0.4 is 26.4 Å². The number of anilines is 2. The maximum absolute atomic E-state index is 12.1. The molecule has 2 aromatic carbocycles. The van der Waals surface area contributed by atoms with Crippen molar-refractivity contribution in [3.63, 3.8) is 0 Å². The SMILES string of the molecule is COc1ccc(CNC2C=CC=C(/C=C/C(=O)Nc3ccccc3N)N2)cc1. The largest absolute Gasteiger partial charge is 0.497 e. The first kappa shape index (κ1) is 19.3. The van der Waals surface area contributed by atoms with Crippen molar-refractivity contribution in [3.05, 3.63) is 90.2 Å². The second kappa shape index (κ2) is 9.43. The van der Waals surface area contributed by atoms with E-state index in [4.69, 9.17) is 10.5 Å². The number of hydrogen-bond donors (Lipinski definition) is 4. The van der Waals surface area contributed by atoms with Crippen molar-refractivity contribution in [1.29, 1.82) is 0 Å². The third-order valence-corrected chi connectivity index (χ3v) is 4.22. The van der Waals surface area contributed by atoms with Crippen molar-refractivity contribution in [1.82, 2.24) is 10.6 Å². The van der Waals surface area contributed by atoms with E-state index in [0.717, 1.165) is 17.0 Å². The Labute approximate surface area is 164 Å². The van der Waals surface area contributed by atoms with Crippen molar-refractivity contribution < 1.29 is 9.53 Å². The van der Waals surface area contributed by atoms with E-state index >= 15 is 0 Å². The molecule has 0 spiro atoms. The van der Waals surface area contributed by atoms with Gasteiger partial charge in [0.05, 0.1) is 24.7 Å². The van der Waals surface area contributed by atoms with Crippen molar-refractivity contribution in [2.75, 3.05) is 18.2 Å². The number of amides is 1. The van der Waals surface area contributed by atoms with E-state index in [0.29, 0.717) is 17.9 Å². The summed E-state index contributed by atoms with van der Waals surface area (Å²) in [7, 11) is 1.65. The van der Waals surface area contributed by atoms with Crippen LogP contribution in [0, 0.1) is 0 Å². The number of rotatable bonds is 7. The Kier molecular flexibility index (Phi) is 6.49. The number of carbonyl (C=O) groups excluding carboxylic acids is 1. The van der Waals surface area contributed by atoms with Gasteiger partial charge in [0, 0.05) is 18.3 Å². The number of dihydropyridines is 1. The highest BCUT2D eigenvalue weighted by atomic mass is 16.5. The Morgan fingerprint density at radius 2 is 2.00 bits per heavy atom. The standard InChI is InChI=1S/C22H24N4O2/c1-28-18-12-9-16(10-13-18)15-24-21-8-4-5-17(25-21)11-14-22(27)26-20-7-3-2-6-19(20)23/h2-14,21,24-25H,15,23H2,1H3,(H,26,27)/b14-11+. The first-order valence-corrected chi connectivity index (χ1v) is 8.99. The molecule has 1 amide bonds. The van der Waals surface area contributed by atoms with Crippen LogP contribution in [0.5, 0.6) is 5.75 Å². The maximum Gasteiger partial charge on any atom is 0.248 e. The van der Waals surface area contributed by atoms with Gasteiger partial charge < -0.3 is 21.1 Å². The van der Waals surface area contributed by atoms with Crippen LogP contribution in [0.15, 0.2) is 84.6 Å². The van der Waals surface area contributed by atoms with Gasteiger partial charge in [0.2, 0.25) is 5.91 Å². The van der Waals surface area contributed by atoms with Crippen LogP contribution in [-0.4, -0.2) is 19.2 Å². The van der Waals surface area contributed by atoms with E-state index in [1.165, 1.54) is 6.08 Å². The molecule has 5 N–H and O–H groups in total. The van der Waals surface area contributed by atoms with E-state index in [-0.39, 0.29) is 12.1 Å². The minimum atomic E-state index is -0.238. The summed E-state index contributed by atoms with van der Waals surface area (Å²) in [6.45, 7) is 0.705. The van der Waals surface area contributed by atoms with Gasteiger partial charge in [-0.25, -0.2) is 0 Å². The molecule has 1 aliphatic rings. The summed E-state index contributed by atoms with van der Waals surface area (Å²) in [6, 6.07) is 15.1. The fourth-order valence-electron chi connectivity index (χ4n) is 2.69. The molecule has 1 atom stereocenters. The van der Waals surface area contributed by atoms with Gasteiger partial charge in [-0.05, 0) is 48.1 Å². The molecule has 3 rings (SSSR count). The van der Waals surface area contributed by atoms with Gasteiger partial charge in [-0.3, -0.25) is 10.1 Å². The lowest BCUT2D eigenvalue weighted by Crippen LogP contribution is -2.40. The molecule has 1 heterocycles. The zero-order chi connectivity index (χ0) is 19.8. The number of carbonyl (C=O) groups is 1. The van der Waals surface area contributed by atoms with Gasteiger partial charge in [0.15, 0.2) is 0 Å². The van der Waals surface area contributed by atoms with Crippen LogP contribution in [0.1, 0.15) is 5.56 Å². The molecule has 0 saturated carbocycles. The van der Waals surface area contributed by atoms with Crippen LogP contribution in [0.4, 0.5) is 11.4 Å². The van der Waals surface area contributed by atoms with Gasteiger partial charge in [0.25, 0.3) is 0 Å². The second-order valence-electron chi connectivity index (χ2n) is 6.27. The Hall–Kier alpha value is -3.51. The molecule has 0 bridgehead atoms. The lowest BCUT2D eigenvalue weighted by Gasteiger charge is -2.21. The minimum absolute atomic E-state index is 0.0282. The topological polar surface area (TPSA) is 88.4 Å². The molecule has 1 aliphatic heterocycles. The normalized spacial score (nSPS) is 15.8. The number of benzene rings is 2. The predicted molar refractivity (Wildman–Crippen MR) is 113 cm³/mol. The first-order valence-electron chi connectivity index (χ1n) is 8.99. The molecule has 144 valence electrons. The molecular formula is C22H24N4O2. The zero-order valence-corrected chi connectivity index (χ0v) is 15.7. The van der Waals surface area contributed by atoms with Crippen LogP contribution >= 0.6 is 0 Å². The van der Waals surface area contributed by atoms with Gasteiger partial charge >= 0.3 is 0 Å². The fourth-order valence-corrected chi connectivity index (χ4v) is 2.69. The smallest absolute Gasteiger partial charge is 0.248 e. The van der Waals surface area contributed by atoms with E-state index in [9.17, 15) is 4.79 Å².